The highest BCUT2D eigenvalue weighted by Gasteiger charge is 2.31. The fourth-order valence-corrected chi connectivity index (χ4v) is 6.39. The van der Waals surface area contributed by atoms with Crippen LogP contribution in [0.5, 0.6) is 0 Å². The first kappa shape index (κ1) is 23.2. The second-order valence-corrected chi connectivity index (χ2v) is 11.5. The van der Waals surface area contributed by atoms with Crippen molar-refractivity contribution in [2.24, 2.45) is 0 Å². The van der Waals surface area contributed by atoms with Crippen LogP contribution in [0.25, 0.3) is 0 Å². The minimum absolute atomic E-state index is 0.110. The third kappa shape index (κ3) is 5.01. The van der Waals surface area contributed by atoms with Crippen LogP contribution in [0.4, 0.5) is 5.69 Å². The molecular weight excluding hydrogens is 460 g/mol. The lowest BCUT2D eigenvalue weighted by Crippen LogP contribution is -2.26. The van der Waals surface area contributed by atoms with Gasteiger partial charge in [0.05, 0.1) is 28.1 Å². The Labute approximate surface area is 197 Å². The molecule has 1 aliphatic heterocycles. The van der Waals surface area contributed by atoms with E-state index >= 15 is 0 Å². The van der Waals surface area contributed by atoms with Crippen molar-refractivity contribution in [2.45, 2.75) is 32.9 Å². The quantitative estimate of drug-likeness (QED) is 0.575. The number of carbonyl (C=O) groups is 2. The molecule has 0 radical (unpaired) electrons. The molecule has 2 aromatic heterocycles. The number of sulfone groups is 1. The number of rotatable bonds is 6. The number of amides is 2. The maximum absolute atomic E-state index is 13.0. The van der Waals surface area contributed by atoms with Crippen molar-refractivity contribution >= 4 is 38.7 Å². The summed E-state index contributed by atoms with van der Waals surface area (Å²) in [5, 5.41) is 9.24. The lowest BCUT2D eigenvalue weighted by atomic mass is 10.1. The summed E-state index contributed by atoms with van der Waals surface area (Å²) in [5.41, 5.74) is 3.74. The first-order valence-corrected chi connectivity index (χ1v) is 13.3. The first-order valence-electron chi connectivity index (χ1n) is 10.6. The zero-order valence-electron chi connectivity index (χ0n) is 18.7. The topological polar surface area (TPSA) is 101 Å². The summed E-state index contributed by atoms with van der Waals surface area (Å²) in [4.78, 5) is 27.4. The average Bonchev–Trinajstić information content (AvgIpc) is 3.50. The summed E-state index contributed by atoms with van der Waals surface area (Å²) in [5.74, 6) is -0.0353. The Morgan fingerprint density at radius 3 is 2.55 bits per heavy atom. The molecule has 174 valence electrons. The second kappa shape index (κ2) is 9.11. The molecule has 0 aliphatic carbocycles. The molecule has 1 atom stereocenters. The highest BCUT2D eigenvalue weighted by molar-refractivity contribution is 7.91. The predicted molar refractivity (Wildman–Crippen MR) is 129 cm³/mol. The fourth-order valence-electron chi connectivity index (χ4n) is 4.08. The number of thiophene rings is 1. The molecule has 1 fully saturated rings. The molecule has 0 spiro atoms. The minimum Gasteiger partial charge on any atom is -0.337 e. The smallest absolute Gasteiger partial charge is 0.265 e. The Morgan fingerprint density at radius 1 is 1.21 bits per heavy atom. The monoisotopic (exact) mass is 486 g/mol. The van der Waals surface area contributed by atoms with Crippen molar-refractivity contribution in [1.29, 1.82) is 0 Å². The molecule has 0 saturated carbocycles. The zero-order chi connectivity index (χ0) is 23.8. The van der Waals surface area contributed by atoms with Crippen molar-refractivity contribution in [2.75, 3.05) is 23.9 Å². The van der Waals surface area contributed by atoms with Gasteiger partial charge >= 0.3 is 0 Å². The summed E-state index contributed by atoms with van der Waals surface area (Å²) < 4.78 is 25.5. The number of hydrogen-bond acceptors (Lipinski definition) is 6. The molecule has 3 aromatic rings. The van der Waals surface area contributed by atoms with Gasteiger partial charge in [-0.15, -0.1) is 11.3 Å². The summed E-state index contributed by atoms with van der Waals surface area (Å²) in [7, 11) is -1.28. The van der Waals surface area contributed by atoms with Crippen LogP contribution >= 0.6 is 11.3 Å². The summed E-state index contributed by atoms with van der Waals surface area (Å²) in [6.45, 7) is 4.17. The van der Waals surface area contributed by atoms with Crippen LogP contribution in [-0.4, -0.2) is 53.5 Å². The van der Waals surface area contributed by atoms with E-state index in [1.165, 1.54) is 11.3 Å². The number of anilines is 1. The van der Waals surface area contributed by atoms with Crippen LogP contribution in [0.3, 0.4) is 0 Å². The van der Waals surface area contributed by atoms with Crippen molar-refractivity contribution in [3.8, 4) is 0 Å². The van der Waals surface area contributed by atoms with Gasteiger partial charge in [0.25, 0.3) is 11.8 Å². The highest BCUT2D eigenvalue weighted by atomic mass is 32.2. The normalized spacial score (nSPS) is 17.1. The van der Waals surface area contributed by atoms with Crippen LogP contribution in [0.2, 0.25) is 0 Å². The molecule has 1 aliphatic rings. The van der Waals surface area contributed by atoms with Gasteiger partial charge < -0.3 is 10.2 Å². The number of benzene rings is 1. The predicted octanol–water partition coefficient (Wildman–Crippen LogP) is 3.45. The van der Waals surface area contributed by atoms with Crippen LogP contribution in [0.1, 0.15) is 49.4 Å². The lowest BCUT2D eigenvalue weighted by Gasteiger charge is -2.18. The fraction of sp³-hybridized carbons (Fsp3) is 0.348. The molecule has 1 unspecified atom stereocenters. The molecule has 1 aromatic carbocycles. The summed E-state index contributed by atoms with van der Waals surface area (Å²) >= 11 is 1.37. The van der Waals surface area contributed by atoms with E-state index in [0.29, 0.717) is 29.1 Å². The van der Waals surface area contributed by atoms with Gasteiger partial charge in [0.2, 0.25) is 0 Å². The zero-order valence-corrected chi connectivity index (χ0v) is 20.4. The average molecular weight is 487 g/mol. The molecule has 4 rings (SSSR count). The third-order valence-electron chi connectivity index (χ3n) is 5.91. The lowest BCUT2D eigenvalue weighted by molar-refractivity contribution is 0.0784. The third-order valence-corrected chi connectivity index (χ3v) is 8.52. The van der Waals surface area contributed by atoms with E-state index in [1.807, 2.05) is 25.3 Å². The van der Waals surface area contributed by atoms with Gasteiger partial charge in [-0.05, 0) is 56.0 Å². The Bertz CT molecular complexity index is 1280. The largest absolute Gasteiger partial charge is 0.337 e. The van der Waals surface area contributed by atoms with Gasteiger partial charge in [0.1, 0.15) is 0 Å². The maximum Gasteiger partial charge on any atom is 0.265 e. The van der Waals surface area contributed by atoms with E-state index < -0.39 is 9.84 Å². The molecule has 2 amide bonds. The minimum atomic E-state index is -3.01. The molecular formula is C23H26N4O4S2. The van der Waals surface area contributed by atoms with Gasteiger partial charge in [-0.2, -0.15) is 5.10 Å². The van der Waals surface area contributed by atoms with Crippen LogP contribution < -0.4 is 5.32 Å². The summed E-state index contributed by atoms with van der Waals surface area (Å²) in [6.07, 6.45) is 0.563. The number of carbonyl (C=O) groups excluding carboxylic acids is 2. The number of nitrogens with one attached hydrogen (secondary N) is 1. The van der Waals surface area contributed by atoms with Crippen molar-refractivity contribution < 1.29 is 18.0 Å². The van der Waals surface area contributed by atoms with Gasteiger partial charge in [-0.1, -0.05) is 6.07 Å². The number of aromatic nitrogens is 2. The Hall–Kier alpha value is -2.98. The van der Waals surface area contributed by atoms with Crippen LogP contribution in [-0.2, 0) is 16.4 Å². The van der Waals surface area contributed by atoms with Crippen molar-refractivity contribution in [3.05, 3.63) is 69.2 Å². The van der Waals surface area contributed by atoms with Crippen molar-refractivity contribution in [1.82, 2.24) is 14.7 Å². The molecule has 33 heavy (non-hydrogen) atoms. The first-order chi connectivity index (χ1) is 15.6. The molecule has 1 N–H and O–H groups in total. The second-order valence-electron chi connectivity index (χ2n) is 8.32. The van der Waals surface area contributed by atoms with Crippen molar-refractivity contribution in [3.63, 3.8) is 0 Å². The van der Waals surface area contributed by atoms with Crippen LogP contribution in [0.15, 0.2) is 41.8 Å². The number of aryl methyl sites for hydroxylation is 1. The van der Waals surface area contributed by atoms with E-state index in [2.05, 4.69) is 10.4 Å². The molecule has 10 heteroatoms. The van der Waals surface area contributed by atoms with E-state index in [9.17, 15) is 18.0 Å². The number of hydrogen-bond donors (Lipinski definition) is 1. The highest BCUT2D eigenvalue weighted by Crippen LogP contribution is 2.27. The summed E-state index contributed by atoms with van der Waals surface area (Å²) in [6, 6.07) is 10.2. The van der Waals surface area contributed by atoms with Gasteiger partial charge in [0.15, 0.2) is 9.84 Å². The maximum atomic E-state index is 13.0. The Balaban J connectivity index is 1.43. The van der Waals surface area contributed by atoms with Gasteiger partial charge in [-0.3, -0.25) is 14.3 Å². The van der Waals surface area contributed by atoms with E-state index in [0.717, 1.165) is 17.0 Å². The molecule has 3 heterocycles. The SMILES string of the molecule is Cc1nn(C2CCS(=O)(=O)C2)c(C)c1CN(C)C(=O)c1ccc(NC(=O)c2cccs2)cc1. The Kier molecular flexibility index (Phi) is 6.40. The number of nitrogens with zero attached hydrogens (tertiary/aromatic N) is 3. The molecule has 8 nitrogen and oxygen atoms in total. The van der Waals surface area contributed by atoms with Gasteiger partial charge in [0, 0.05) is 36.1 Å². The standard InChI is InChI=1S/C23H26N4O4S2/c1-15-20(16(2)27(25-15)19-10-12-33(30,31)14-19)13-26(3)23(29)17-6-8-18(9-7-17)24-22(28)21-5-4-11-32-21/h4-9,11,19H,10,12-14H2,1-3H3,(H,24,28). The van der Waals surface area contributed by atoms with Gasteiger partial charge in [-0.25, -0.2) is 8.42 Å². The molecule has 0 bridgehead atoms. The van der Waals surface area contributed by atoms with E-state index in [4.69, 9.17) is 0 Å². The Morgan fingerprint density at radius 2 is 1.94 bits per heavy atom. The van der Waals surface area contributed by atoms with Crippen LogP contribution in [0, 0.1) is 13.8 Å². The van der Waals surface area contributed by atoms with E-state index in [-0.39, 0.29) is 29.4 Å². The molecule has 1 saturated heterocycles. The van der Waals surface area contributed by atoms with E-state index in [1.54, 1.807) is 47.0 Å².